The molecule has 0 aromatic heterocycles. The number of hydrogen-bond donors (Lipinski definition) is 2. The third kappa shape index (κ3) is 4.25. The normalized spacial score (nSPS) is 15.3. The van der Waals surface area contributed by atoms with Gasteiger partial charge >= 0.3 is 10.2 Å². The van der Waals surface area contributed by atoms with Crippen molar-refractivity contribution in [1.29, 1.82) is 0 Å². The molecule has 0 radical (unpaired) electrons. The zero-order chi connectivity index (χ0) is 20.4. The van der Waals surface area contributed by atoms with Crippen LogP contribution in [0.2, 0.25) is 5.02 Å². The Bertz CT molecular complexity index is 1150. The molecule has 0 saturated carbocycles. The summed E-state index contributed by atoms with van der Waals surface area (Å²) in [6.45, 7) is 1.42. The lowest BCUT2D eigenvalue weighted by atomic mass is 10.1. The Hall–Kier alpha value is -2.52. The van der Waals surface area contributed by atoms with Crippen molar-refractivity contribution in [1.82, 2.24) is 4.31 Å². The Morgan fingerprint density at radius 2 is 1.69 bits per heavy atom. The van der Waals surface area contributed by atoms with Crippen molar-refractivity contribution < 1.29 is 17.9 Å². The molecule has 4 rings (SSSR count). The quantitative estimate of drug-likeness (QED) is 0.596. The molecular weight excluding hydrogens is 414 g/mol. The van der Waals surface area contributed by atoms with Crippen LogP contribution in [0.1, 0.15) is 0 Å². The first-order valence-corrected chi connectivity index (χ1v) is 10.9. The van der Waals surface area contributed by atoms with Gasteiger partial charge in [-0.3, -0.25) is 4.72 Å². The number of rotatable bonds is 5. The van der Waals surface area contributed by atoms with Crippen LogP contribution >= 0.6 is 11.6 Å². The second kappa shape index (κ2) is 8.08. The Labute approximate surface area is 174 Å². The van der Waals surface area contributed by atoms with Gasteiger partial charge in [-0.25, -0.2) is 0 Å². The first-order chi connectivity index (χ1) is 13.9. The fraction of sp³-hybridized carbons (Fsp3) is 0.200. The average molecular weight is 434 g/mol. The number of morpholine rings is 1. The highest BCUT2D eigenvalue weighted by Gasteiger charge is 2.25. The van der Waals surface area contributed by atoms with Crippen molar-refractivity contribution in [2.24, 2.45) is 0 Å². The fourth-order valence-electron chi connectivity index (χ4n) is 3.16. The summed E-state index contributed by atoms with van der Waals surface area (Å²) in [5.41, 5.74) is 6.75. The van der Waals surface area contributed by atoms with Crippen molar-refractivity contribution in [3.8, 4) is 11.5 Å². The highest BCUT2D eigenvalue weighted by molar-refractivity contribution is 7.90. The van der Waals surface area contributed by atoms with E-state index in [1.54, 1.807) is 30.3 Å². The number of hydrogen-bond acceptors (Lipinski definition) is 5. The predicted molar refractivity (Wildman–Crippen MR) is 115 cm³/mol. The van der Waals surface area contributed by atoms with E-state index in [9.17, 15) is 8.42 Å². The molecule has 152 valence electrons. The lowest BCUT2D eigenvalue weighted by Crippen LogP contribution is -2.43. The number of halogens is 1. The molecule has 29 heavy (non-hydrogen) atoms. The van der Waals surface area contributed by atoms with Gasteiger partial charge in [0.05, 0.1) is 23.9 Å². The predicted octanol–water partition coefficient (Wildman–Crippen LogP) is 3.86. The van der Waals surface area contributed by atoms with E-state index in [-0.39, 0.29) is 0 Å². The number of nitrogens with one attached hydrogen (secondary N) is 1. The maximum atomic E-state index is 12.7. The number of benzene rings is 3. The molecule has 0 spiro atoms. The van der Waals surface area contributed by atoms with E-state index in [1.165, 1.54) is 4.31 Å². The van der Waals surface area contributed by atoms with Crippen molar-refractivity contribution in [2.45, 2.75) is 0 Å². The molecule has 0 unspecified atom stereocenters. The Morgan fingerprint density at radius 3 is 2.41 bits per heavy atom. The molecule has 1 heterocycles. The summed E-state index contributed by atoms with van der Waals surface area (Å²) in [5, 5.41) is 1.86. The van der Waals surface area contributed by atoms with Crippen LogP contribution in [-0.4, -0.2) is 39.0 Å². The van der Waals surface area contributed by atoms with E-state index in [0.29, 0.717) is 59.6 Å². The van der Waals surface area contributed by atoms with E-state index in [0.717, 1.165) is 5.39 Å². The third-order valence-corrected chi connectivity index (χ3v) is 6.43. The molecule has 1 saturated heterocycles. The first-order valence-electron chi connectivity index (χ1n) is 9.04. The highest BCUT2D eigenvalue weighted by Crippen LogP contribution is 2.37. The van der Waals surface area contributed by atoms with Crippen LogP contribution < -0.4 is 15.2 Å². The second-order valence-electron chi connectivity index (χ2n) is 6.57. The monoisotopic (exact) mass is 433 g/mol. The van der Waals surface area contributed by atoms with Crippen LogP contribution in [0.15, 0.2) is 54.6 Å². The van der Waals surface area contributed by atoms with E-state index >= 15 is 0 Å². The summed E-state index contributed by atoms with van der Waals surface area (Å²) < 4.78 is 40.8. The molecule has 1 aliphatic heterocycles. The van der Waals surface area contributed by atoms with E-state index in [2.05, 4.69) is 4.72 Å². The summed E-state index contributed by atoms with van der Waals surface area (Å²) in [5.74, 6) is 1.02. The summed E-state index contributed by atoms with van der Waals surface area (Å²) in [4.78, 5) is 0. The van der Waals surface area contributed by atoms with Gasteiger partial charge in [-0.1, -0.05) is 35.9 Å². The van der Waals surface area contributed by atoms with Gasteiger partial charge in [0.1, 0.15) is 11.5 Å². The molecule has 0 bridgehead atoms. The van der Waals surface area contributed by atoms with Gasteiger partial charge in [0.15, 0.2) is 0 Å². The number of anilines is 2. The lowest BCUT2D eigenvalue weighted by molar-refractivity contribution is 0.0733. The van der Waals surface area contributed by atoms with Gasteiger partial charge in [0, 0.05) is 29.5 Å². The number of nitrogen functional groups attached to an aromatic ring is 1. The molecule has 1 aliphatic rings. The molecule has 0 aliphatic carbocycles. The zero-order valence-corrected chi connectivity index (χ0v) is 17.0. The van der Waals surface area contributed by atoms with Crippen molar-refractivity contribution in [3.05, 3.63) is 59.6 Å². The van der Waals surface area contributed by atoms with Gasteiger partial charge in [-0.15, -0.1) is 0 Å². The number of fused-ring (bicyclic) bond motifs is 1. The number of nitrogens with two attached hydrogens (primary N) is 1. The Morgan fingerprint density at radius 1 is 1.00 bits per heavy atom. The molecular formula is C20H20ClN3O4S. The molecule has 9 heteroatoms. The van der Waals surface area contributed by atoms with Crippen molar-refractivity contribution in [2.75, 3.05) is 36.8 Å². The molecule has 0 atom stereocenters. The van der Waals surface area contributed by atoms with Crippen molar-refractivity contribution >= 4 is 44.0 Å². The van der Waals surface area contributed by atoms with Crippen LogP contribution in [0.3, 0.4) is 0 Å². The highest BCUT2D eigenvalue weighted by atomic mass is 35.5. The second-order valence-corrected chi connectivity index (χ2v) is 8.65. The maximum absolute atomic E-state index is 12.7. The van der Waals surface area contributed by atoms with Gasteiger partial charge in [-0.05, 0) is 30.3 Å². The van der Waals surface area contributed by atoms with Gasteiger partial charge in [0.25, 0.3) is 0 Å². The first kappa shape index (κ1) is 19.8. The van der Waals surface area contributed by atoms with Crippen LogP contribution in [0.25, 0.3) is 10.8 Å². The van der Waals surface area contributed by atoms with Gasteiger partial charge < -0.3 is 15.2 Å². The largest absolute Gasteiger partial charge is 0.455 e. The topological polar surface area (TPSA) is 93.9 Å². The van der Waals surface area contributed by atoms with Gasteiger partial charge in [-0.2, -0.15) is 12.7 Å². The molecule has 3 aromatic carbocycles. The summed E-state index contributed by atoms with van der Waals surface area (Å²) >= 11 is 6.22. The number of ether oxygens (including phenoxy) is 2. The van der Waals surface area contributed by atoms with Crippen molar-refractivity contribution in [3.63, 3.8) is 0 Å². The zero-order valence-electron chi connectivity index (χ0n) is 15.5. The summed E-state index contributed by atoms with van der Waals surface area (Å²) in [6, 6.07) is 15.8. The van der Waals surface area contributed by atoms with Crippen LogP contribution in [-0.2, 0) is 14.9 Å². The molecule has 1 fully saturated rings. The fourth-order valence-corrected chi connectivity index (χ4v) is 4.60. The minimum atomic E-state index is -3.68. The maximum Gasteiger partial charge on any atom is 0.301 e. The minimum Gasteiger partial charge on any atom is -0.455 e. The van der Waals surface area contributed by atoms with Crippen LogP contribution in [0, 0.1) is 0 Å². The number of nitrogens with zero attached hydrogens (tertiary/aromatic N) is 1. The molecule has 0 amide bonds. The molecule has 7 nitrogen and oxygen atoms in total. The Kier molecular flexibility index (Phi) is 5.51. The van der Waals surface area contributed by atoms with Crippen LogP contribution in [0.5, 0.6) is 11.5 Å². The van der Waals surface area contributed by atoms with E-state index in [4.69, 9.17) is 26.8 Å². The summed E-state index contributed by atoms with van der Waals surface area (Å²) in [7, 11) is -3.68. The van der Waals surface area contributed by atoms with Gasteiger partial charge in [0.2, 0.25) is 0 Å². The summed E-state index contributed by atoms with van der Waals surface area (Å²) in [6.07, 6.45) is 0. The lowest BCUT2D eigenvalue weighted by Gasteiger charge is -2.26. The SMILES string of the molecule is Nc1ccc(Oc2ccc(NS(=O)(=O)N3CCOCC3)c3ccccc23)c(Cl)c1. The minimum absolute atomic E-state index is 0.324. The van der Waals surface area contributed by atoms with E-state index in [1.807, 2.05) is 24.3 Å². The Balaban J connectivity index is 1.68. The average Bonchev–Trinajstić information content (AvgIpc) is 2.72. The van der Waals surface area contributed by atoms with Crippen LogP contribution in [0.4, 0.5) is 11.4 Å². The third-order valence-electron chi connectivity index (χ3n) is 4.61. The van der Waals surface area contributed by atoms with E-state index < -0.39 is 10.2 Å². The molecule has 3 N–H and O–H groups in total. The smallest absolute Gasteiger partial charge is 0.301 e. The molecule has 3 aromatic rings. The standard InChI is InChI=1S/C20H20ClN3O4S/c21-17-13-14(22)5-7-20(17)28-19-8-6-18(15-3-1-2-4-16(15)19)23-29(25,26)24-9-11-27-12-10-24/h1-8,13,23H,9-12,22H2.